The first-order valence-electron chi connectivity index (χ1n) is 3.13. The molecule has 1 aromatic heterocycles. The summed E-state index contributed by atoms with van der Waals surface area (Å²) in [5.41, 5.74) is 0. The molecule has 0 aliphatic heterocycles. The summed E-state index contributed by atoms with van der Waals surface area (Å²) in [6, 6.07) is 1.31. The van der Waals surface area contributed by atoms with Gasteiger partial charge in [-0.3, -0.25) is 0 Å². The molecule has 1 heterocycles. The van der Waals surface area contributed by atoms with Crippen LogP contribution in [-0.2, 0) is 9.05 Å². The van der Waals surface area contributed by atoms with Crippen LogP contribution in [0, 0.1) is 0 Å². The summed E-state index contributed by atoms with van der Waals surface area (Å²) in [5.74, 6) is -0.0231. The van der Waals surface area contributed by atoms with Gasteiger partial charge in [-0.15, -0.1) is 0 Å². The second-order valence-electron chi connectivity index (χ2n) is 1.98. The smallest absolute Gasteiger partial charge is 0.388 e. The first-order chi connectivity index (χ1) is 6.29. The Kier molecular flexibility index (Phi) is 5.39. The Morgan fingerprint density at radius 1 is 1.64 bits per heavy atom. The summed E-state index contributed by atoms with van der Waals surface area (Å²) in [6.07, 6.45) is 2.26. The second kappa shape index (κ2) is 5.76. The van der Waals surface area contributed by atoms with E-state index < -0.39 is 15.7 Å². The summed E-state index contributed by atoms with van der Waals surface area (Å²) in [4.78, 5) is 0. The molecule has 0 atom stereocenters. The first-order valence-corrected chi connectivity index (χ1v) is 5.84. The predicted octanol–water partition coefficient (Wildman–Crippen LogP) is 1.20. The minimum Gasteiger partial charge on any atom is -0.417 e. The molecule has 9 heteroatoms. The molecule has 0 aliphatic rings. The molecule has 0 spiro atoms. The molecule has 14 heavy (non-hydrogen) atoms. The van der Waals surface area contributed by atoms with Crippen molar-refractivity contribution in [2.24, 2.45) is 0 Å². The molecule has 0 aliphatic carbocycles. The molecule has 1 N–H and O–H groups in total. The summed E-state index contributed by atoms with van der Waals surface area (Å²) in [6.45, 7) is -2.79. The zero-order chi connectivity index (χ0) is 11.2. The van der Waals surface area contributed by atoms with E-state index in [-0.39, 0.29) is 5.88 Å². The van der Waals surface area contributed by atoms with E-state index in [0.717, 1.165) is 6.26 Å². The Labute approximate surface area is 83.4 Å². The Hall–Kier alpha value is -0.890. The fraction of sp³-hybridized carbons (Fsp3) is 0.400. The number of nitrogens with one attached hydrogen (secondary N) is 1. The fourth-order valence-corrected chi connectivity index (χ4v) is 0.405. The number of H-pyrrole nitrogens is 1. The molecule has 0 saturated heterocycles. The van der Waals surface area contributed by atoms with E-state index in [1.165, 1.54) is 12.3 Å². The molecule has 5 nitrogen and oxygen atoms in total. The number of aromatic amines is 1. The zero-order valence-electron chi connectivity index (χ0n) is 6.95. The molecular weight excluding hydrogens is 242 g/mol. The van der Waals surface area contributed by atoms with E-state index in [2.05, 4.69) is 25.6 Å². The molecule has 0 radical (unpaired) electrons. The highest BCUT2D eigenvalue weighted by atomic mass is 35.7. The van der Waals surface area contributed by atoms with Crippen LogP contribution >= 0.6 is 10.7 Å². The largest absolute Gasteiger partial charge is 0.417 e. The molecule has 0 saturated carbocycles. The zero-order valence-corrected chi connectivity index (χ0v) is 8.52. The van der Waals surface area contributed by atoms with Gasteiger partial charge in [-0.05, 0) is 0 Å². The minimum atomic E-state index is -3.19. The standard InChI is InChI=1S/C4H4F2N2O.CH3ClO2S/c5-4(6)9-3-1-2-7-8-3;1-5(2,3)4/h1-2,4H,(H,7,8);1H3. The van der Waals surface area contributed by atoms with Gasteiger partial charge in [-0.25, -0.2) is 13.5 Å². The van der Waals surface area contributed by atoms with Crippen LogP contribution in [0.3, 0.4) is 0 Å². The van der Waals surface area contributed by atoms with Crippen LogP contribution in [0.1, 0.15) is 0 Å². The molecule has 0 fully saturated rings. The van der Waals surface area contributed by atoms with Crippen molar-refractivity contribution >= 4 is 19.7 Å². The van der Waals surface area contributed by atoms with Gasteiger partial charge >= 0.3 is 6.61 Å². The molecule has 1 rings (SSSR count). The predicted molar refractivity (Wildman–Crippen MR) is 45.9 cm³/mol. The topological polar surface area (TPSA) is 72.1 Å². The third kappa shape index (κ3) is 11.1. The number of nitrogens with zero attached hydrogens (tertiary/aromatic N) is 1. The normalized spacial score (nSPS) is 10.6. The Morgan fingerprint density at radius 3 is 2.43 bits per heavy atom. The summed E-state index contributed by atoms with van der Waals surface area (Å²) in [5, 5.41) is 5.61. The van der Waals surface area contributed by atoms with Crippen LogP contribution in [0.15, 0.2) is 12.3 Å². The Balaban J connectivity index is 0.000000292. The van der Waals surface area contributed by atoms with Crippen molar-refractivity contribution in [2.75, 3.05) is 6.26 Å². The van der Waals surface area contributed by atoms with Crippen molar-refractivity contribution in [3.63, 3.8) is 0 Å². The van der Waals surface area contributed by atoms with E-state index in [0.29, 0.717) is 0 Å². The lowest BCUT2D eigenvalue weighted by Crippen LogP contribution is -2.01. The van der Waals surface area contributed by atoms with Gasteiger partial charge < -0.3 is 4.74 Å². The average Bonchev–Trinajstić information content (AvgIpc) is 2.33. The lowest BCUT2D eigenvalue weighted by atomic mass is 10.7. The van der Waals surface area contributed by atoms with Gasteiger partial charge in [0.25, 0.3) is 0 Å². The van der Waals surface area contributed by atoms with E-state index in [1.54, 1.807) is 0 Å². The van der Waals surface area contributed by atoms with Gasteiger partial charge in [-0.2, -0.15) is 13.9 Å². The highest BCUT2D eigenvalue weighted by Crippen LogP contribution is 2.06. The van der Waals surface area contributed by atoms with Crippen LogP contribution in [-0.4, -0.2) is 31.5 Å². The maximum Gasteiger partial charge on any atom is 0.388 e. The highest BCUT2D eigenvalue weighted by molar-refractivity contribution is 8.13. The van der Waals surface area contributed by atoms with E-state index >= 15 is 0 Å². The maximum atomic E-state index is 11.3. The lowest BCUT2D eigenvalue weighted by Gasteiger charge is -1.97. The number of rotatable bonds is 2. The lowest BCUT2D eigenvalue weighted by molar-refractivity contribution is -0.0528. The third-order valence-electron chi connectivity index (χ3n) is 0.691. The van der Waals surface area contributed by atoms with Crippen molar-refractivity contribution in [3.8, 4) is 5.88 Å². The van der Waals surface area contributed by atoms with Crippen molar-refractivity contribution in [1.29, 1.82) is 0 Å². The van der Waals surface area contributed by atoms with Crippen LogP contribution in [0.25, 0.3) is 0 Å². The first kappa shape index (κ1) is 13.1. The summed E-state index contributed by atoms with van der Waals surface area (Å²) in [7, 11) is 1.31. The summed E-state index contributed by atoms with van der Waals surface area (Å²) < 4.78 is 45.4. The van der Waals surface area contributed by atoms with E-state index in [4.69, 9.17) is 0 Å². The number of halogens is 3. The molecule has 0 amide bonds. The van der Waals surface area contributed by atoms with Crippen molar-refractivity contribution in [1.82, 2.24) is 10.2 Å². The molecule has 0 bridgehead atoms. The number of ether oxygens (including phenoxy) is 1. The molecule has 0 unspecified atom stereocenters. The number of aromatic nitrogens is 2. The highest BCUT2D eigenvalue weighted by Gasteiger charge is 2.02. The van der Waals surface area contributed by atoms with Gasteiger partial charge in [0.05, 0.1) is 12.5 Å². The maximum absolute atomic E-state index is 11.3. The van der Waals surface area contributed by atoms with Crippen molar-refractivity contribution in [3.05, 3.63) is 12.3 Å². The van der Waals surface area contributed by atoms with E-state index in [9.17, 15) is 17.2 Å². The van der Waals surface area contributed by atoms with Crippen molar-refractivity contribution in [2.45, 2.75) is 6.61 Å². The number of hydrogen-bond donors (Lipinski definition) is 1. The van der Waals surface area contributed by atoms with Crippen molar-refractivity contribution < 1.29 is 21.9 Å². The number of alkyl halides is 2. The molecule has 1 aromatic rings. The SMILES string of the molecule is CS(=O)(=O)Cl.FC(F)Oc1ccn[nH]1. The van der Waals surface area contributed by atoms with Gasteiger partial charge in [0.1, 0.15) is 0 Å². The summed E-state index contributed by atoms with van der Waals surface area (Å²) >= 11 is 0. The third-order valence-corrected chi connectivity index (χ3v) is 0.691. The second-order valence-corrected chi connectivity index (χ2v) is 5.03. The Morgan fingerprint density at radius 2 is 2.14 bits per heavy atom. The Bertz CT molecular complexity index is 332. The number of hydrogen-bond acceptors (Lipinski definition) is 4. The van der Waals surface area contributed by atoms with Gasteiger partial charge in [0, 0.05) is 16.7 Å². The molecule has 0 aromatic carbocycles. The van der Waals surface area contributed by atoms with E-state index in [1.807, 2.05) is 0 Å². The fourth-order valence-electron chi connectivity index (χ4n) is 0.405. The van der Waals surface area contributed by atoms with Gasteiger partial charge in [0.15, 0.2) is 0 Å². The van der Waals surface area contributed by atoms with Gasteiger partial charge in [-0.1, -0.05) is 0 Å². The quantitative estimate of drug-likeness (QED) is 0.798. The molecular formula is C5H7ClF2N2O3S. The monoisotopic (exact) mass is 248 g/mol. The van der Waals surface area contributed by atoms with Crippen LogP contribution in [0.2, 0.25) is 0 Å². The molecule has 82 valence electrons. The van der Waals surface area contributed by atoms with Crippen LogP contribution < -0.4 is 4.74 Å². The minimum absolute atomic E-state index is 0.0231. The average molecular weight is 249 g/mol. The van der Waals surface area contributed by atoms with Crippen LogP contribution in [0.5, 0.6) is 5.88 Å². The van der Waals surface area contributed by atoms with Gasteiger partial charge in [0.2, 0.25) is 14.9 Å². The van der Waals surface area contributed by atoms with Crippen LogP contribution in [0.4, 0.5) is 8.78 Å².